The number of rotatable bonds is 8. The van der Waals surface area contributed by atoms with Gasteiger partial charge in [0.1, 0.15) is 10.8 Å². The Morgan fingerprint density at radius 1 is 1.19 bits per heavy atom. The molecule has 2 aromatic heterocycles. The second kappa shape index (κ2) is 9.98. The van der Waals surface area contributed by atoms with Crippen LogP contribution in [0, 0.1) is 0 Å². The summed E-state index contributed by atoms with van der Waals surface area (Å²) in [4.78, 5) is 19.9. The average Bonchev–Trinajstić information content (AvgIpc) is 3.47. The van der Waals surface area contributed by atoms with Gasteiger partial charge in [0.15, 0.2) is 0 Å². The van der Waals surface area contributed by atoms with Gasteiger partial charge in [0.2, 0.25) is 5.13 Å². The third-order valence-corrected chi connectivity index (χ3v) is 6.29. The lowest BCUT2D eigenvalue weighted by molar-refractivity contribution is 0.0733. The van der Waals surface area contributed by atoms with Crippen molar-refractivity contribution < 1.29 is 9.53 Å². The Morgan fingerprint density at radius 3 is 2.77 bits per heavy atom. The number of hydrogen-bond donors (Lipinski definition) is 1. The first kappa shape index (κ1) is 21.4. The SMILES string of the molecule is CCOCc1ccc(C(=O)N2CCC[C@@H]2c2cccc(Nc3nnc(CC)s3)n2)cc1. The van der Waals surface area contributed by atoms with Crippen molar-refractivity contribution in [3.8, 4) is 0 Å². The molecule has 1 atom stereocenters. The van der Waals surface area contributed by atoms with Crippen LogP contribution in [0.2, 0.25) is 0 Å². The van der Waals surface area contributed by atoms with Crippen LogP contribution >= 0.6 is 11.3 Å². The second-order valence-corrected chi connectivity index (χ2v) is 8.48. The number of aromatic nitrogens is 3. The first-order chi connectivity index (χ1) is 15.2. The van der Waals surface area contributed by atoms with Crippen LogP contribution in [0.25, 0.3) is 0 Å². The van der Waals surface area contributed by atoms with Gasteiger partial charge in [0.25, 0.3) is 5.91 Å². The lowest BCUT2D eigenvalue weighted by atomic mass is 10.1. The molecule has 8 heteroatoms. The highest BCUT2D eigenvalue weighted by molar-refractivity contribution is 7.15. The molecule has 0 radical (unpaired) electrons. The van der Waals surface area contributed by atoms with E-state index >= 15 is 0 Å². The predicted molar refractivity (Wildman–Crippen MR) is 122 cm³/mol. The van der Waals surface area contributed by atoms with Crippen LogP contribution in [0.4, 0.5) is 10.9 Å². The molecule has 1 aromatic carbocycles. The van der Waals surface area contributed by atoms with E-state index in [9.17, 15) is 4.79 Å². The molecule has 1 amide bonds. The van der Waals surface area contributed by atoms with E-state index in [1.807, 2.05) is 54.3 Å². The van der Waals surface area contributed by atoms with E-state index in [1.54, 1.807) is 0 Å². The number of ether oxygens (including phenoxy) is 1. The topological polar surface area (TPSA) is 80.2 Å². The monoisotopic (exact) mass is 437 g/mol. The van der Waals surface area contributed by atoms with Gasteiger partial charge in [-0.15, -0.1) is 10.2 Å². The zero-order valence-electron chi connectivity index (χ0n) is 17.9. The first-order valence-electron chi connectivity index (χ1n) is 10.7. The second-order valence-electron chi connectivity index (χ2n) is 7.42. The zero-order valence-corrected chi connectivity index (χ0v) is 18.7. The van der Waals surface area contributed by atoms with Crippen LogP contribution in [0.1, 0.15) is 59.4 Å². The molecule has 3 heterocycles. The van der Waals surface area contributed by atoms with Gasteiger partial charge in [-0.2, -0.15) is 0 Å². The Balaban J connectivity index is 1.48. The zero-order chi connectivity index (χ0) is 21.6. The largest absolute Gasteiger partial charge is 0.377 e. The number of carbonyl (C=O) groups is 1. The number of carbonyl (C=O) groups excluding carboxylic acids is 1. The first-order valence-corrected chi connectivity index (χ1v) is 11.5. The summed E-state index contributed by atoms with van der Waals surface area (Å²) < 4.78 is 5.44. The number of nitrogens with one attached hydrogen (secondary N) is 1. The third kappa shape index (κ3) is 5.08. The quantitative estimate of drug-likeness (QED) is 0.548. The molecule has 162 valence electrons. The van der Waals surface area contributed by atoms with E-state index < -0.39 is 0 Å². The highest BCUT2D eigenvalue weighted by atomic mass is 32.1. The van der Waals surface area contributed by atoms with Crippen LogP contribution in [-0.4, -0.2) is 39.1 Å². The fraction of sp³-hybridized carbons (Fsp3) is 0.391. The summed E-state index contributed by atoms with van der Waals surface area (Å²) in [5, 5.41) is 13.3. The van der Waals surface area contributed by atoms with Gasteiger partial charge in [0.05, 0.1) is 18.3 Å². The van der Waals surface area contributed by atoms with Crippen molar-refractivity contribution in [3.63, 3.8) is 0 Å². The van der Waals surface area contributed by atoms with Crippen molar-refractivity contribution in [1.82, 2.24) is 20.1 Å². The van der Waals surface area contributed by atoms with Crippen LogP contribution in [0.15, 0.2) is 42.5 Å². The van der Waals surface area contributed by atoms with Crippen LogP contribution in [-0.2, 0) is 17.8 Å². The number of likely N-dealkylation sites (tertiary alicyclic amines) is 1. The molecule has 0 bridgehead atoms. The van der Waals surface area contributed by atoms with Crippen LogP contribution < -0.4 is 5.32 Å². The molecule has 7 nitrogen and oxygen atoms in total. The van der Waals surface area contributed by atoms with Crippen molar-refractivity contribution in [2.45, 2.75) is 45.8 Å². The molecule has 1 saturated heterocycles. The maximum absolute atomic E-state index is 13.2. The van der Waals surface area contributed by atoms with E-state index in [2.05, 4.69) is 22.4 Å². The Kier molecular flexibility index (Phi) is 6.89. The van der Waals surface area contributed by atoms with Crippen molar-refractivity contribution in [2.24, 2.45) is 0 Å². The van der Waals surface area contributed by atoms with Gasteiger partial charge < -0.3 is 15.0 Å². The van der Waals surface area contributed by atoms with Gasteiger partial charge in [0, 0.05) is 18.7 Å². The summed E-state index contributed by atoms with van der Waals surface area (Å²) in [6.07, 6.45) is 2.73. The van der Waals surface area contributed by atoms with Gasteiger partial charge >= 0.3 is 0 Å². The van der Waals surface area contributed by atoms with Crippen molar-refractivity contribution >= 4 is 28.2 Å². The smallest absolute Gasteiger partial charge is 0.254 e. The summed E-state index contributed by atoms with van der Waals surface area (Å²) in [6, 6.07) is 13.5. The number of nitrogens with zero attached hydrogens (tertiary/aromatic N) is 4. The number of pyridine rings is 1. The summed E-state index contributed by atoms with van der Waals surface area (Å²) in [6.45, 7) is 6.01. The molecule has 1 aliphatic heterocycles. The molecule has 1 N–H and O–H groups in total. The minimum Gasteiger partial charge on any atom is -0.377 e. The van der Waals surface area contributed by atoms with E-state index in [1.165, 1.54) is 11.3 Å². The Bertz CT molecular complexity index is 1020. The highest BCUT2D eigenvalue weighted by Crippen LogP contribution is 2.33. The van der Waals surface area contributed by atoms with E-state index in [0.717, 1.165) is 53.0 Å². The minimum atomic E-state index is -0.0297. The number of benzene rings is 1. The summed E-state index contributed by atoms with van der Waals surface area (Å²) in [7, 11) is 0. The highest BCUT2D eigenvalue weighted by Gasteiger charge is 2.31. The lowest BCUT2D eigenvalue weighted by Crippen LogP contribution is -2.31. The summed E-state index contributed by atoms with van der Waals surface area (Å²) >= 11 is 1.53. The minimum absolute atomic E-state index is 0.0297. The van der Waals surface area contributed by atoms with Gasteiger partial charge in [-0.1, -0.05) is 36.5 Å². The summed E-state index contributed by atoms with van der Waals surface area (Å²) in [5.41, 5.74) is 2.66. The number of aryl methyl sites for hydroxylation is 1. The molecular weight excluding hydrogens is 410 g/mol. The van der Waals surface area contributed by atoms with E-state index in [4.69, 9.17) is 9.72 Å². The maximum atomic E-state index is 13.2. The van der Waals surface area contributed by atoms with Crippen molar-refractivity contribution in [2.75, 3.05) is 18.5 Å². The molecule has 0 saturated carbocycles. The van der Waals surface area contributed by atoms with E-state index in [-0.39, 0.29) is 11.9 Å². The fourth-order valence-corrected chi connectivity index (χ4v) is 4.40. The molecular formula is C23H27N5O2S. The number of amides is 1. The fourth-order valence-electron chi connectivity index (χ4n) is 3.71. The predicted octanol–water partition coefficient (Wildman–Crippen LogP) is 4.75. The Labute approximate surface area is 186 Å². The molecule has 1 fully saturated rings. The lowest BCUT2D eigenvalue weighted by Gasteiger charge is -2.25. The molecule has 0 spiro atoms. The molecule has 1 aliphatic rings. The Hall–Kier alpha value is -2.84. The maximum Gasteiger partial charge on any atom is 0.254 e. The van der Waals surface area contributed by atoms with Crippen molar-refractivity contribution in [1.29, 1.82) is 0 Å². The Morgan fingerprint density at radius 2 is 2.03 bits per heavy atom. The van der Waals surface area contributed by atoms with Crippen molar-refractivity contribution in [3.05, 3.63) is 64.3 Å². The van der Waals surface area contributed by atoms with Crippen LogP contribution in [0.5, 0.6) is 0 Å². The van der Waals surface area contributed by atoms with Gasteiger partial charge in [-0.25, -0.2) is 4.98 Å². The average molecular weight is 438 g/mol. The molecule has 31 heavy (non-hydrogen) atoms. The normalized spacial score (nSPS) is 15.9. The van der Waals surface area contributed by atoms with Gasteiger partial charge in [-0.3, -0.25) is 4.79 Å². The molecule has 3 aromatic rings. The van der Waals surface area contributed by atoms with Crippen LogP contribution in [0.3, 0.4) is 0 Å². The van der Waals surface area contributed by atoms with Gasteiger partial charge in [-0.05, 0) is 56.0 Å². The van der Waals surface area contributed by atoms with E-state index in [0.29, 0.717) is 18.8 Å². The molecule has 0 aliphatic carbocycles. The third-order valence-electron chi connectivity index (χ3n) is 5.30. The molecule has 4 rings (SSSR count). The molecule has 0 unspecified atom stereocenters. The standard InChI is InChI=1S/C23H27N5O2S/c1-3-21-26-27-23(31-21)25-20-9-5-7-18(24-20)19-8-6-14-28(19)22(29)17-12-10-16(11-13-17)15-30-4-2/h5,7,9-13,19H,3-4,6,8,14-15H2,1-2H3,(H,24,25,27)/t19-/m1/s1. The number of hydrogen-bond acceptors (Lipinski definition) is 7. The number of anilines is 2. The summed E-state index contributed by atoms with van der Waals surface area (Å²) in [5.74, 6) is 0.762.